The molecule has 0 bridgehead atoms. The van der Waals surface area contributed by atoms with E-state index in [-0.39, 0.29) is 37.2 Å². The molecular formula is C12H13F2NO2. The first-order valence-corrected chi connectivity index (χ1v) is 5.45. The van der Waals surface area contributed by atoms with Crippen LogP contribution < -0.4 is 0 Å². The van der Waals surface area contributed by atoms with Crippen LogP contribution in [-0.2, 0) is 0 Å². The van der Waals surface area contributed by atoms with E-state index in [0.29, 0.717) is 0 Å². The number of aromatic hydroxyl groups is 1. The van der Waals surface area contributed by atoms with Gasteiger partial charge in [0, 0.05) is 25.9 Å². The predicted molar refractivity (Wildman–Crippen MR) is 58.2 cm³/mol. The molecule has 0 aliphatic carbocycles. The van der Waals surface area contributed by atoms with E-state index in [1.807, 2.05) is 0 Å². The number of rotatable bonds is 1. The second-order valence-electron chi connectivity index (χ2n) is 4.17. The van der Waals surface area contributed by atoms with E-state index >= 15 is 0 Å². The number of likely N-dealkylation sites (tertiary alicyclic amines) is 1. The molecule has 0 atom stereocenters. The highest BCUT2D eigenvalue weighted by molar-refractivity contribution is 5.96. The molecule has 1 aromatic carbocycles. The Morgan fingerprint density at radius 3 is 2.41 bits per heavy atom. The van der Waals surface area contributed by atoms with Crippen molar-refractivity contribution in [2.45, 2.75) is 18.8 Å². The predicted octanol–water partition coefficient (Wildman–Crippen LogP) is 2.26. The van der Waals surface area contributed by atoms with Gasteiger partial charge in [-0.15, -0.1) is 0 Å². The molecule has 1 aliphatic heterocycles. The normalized spacial score (nSPS) is 19.1. The van der Waals surface area contributed by atoms with Crippen molar-refractivity contribution in [2.75, 3.05) is 13.1 Å². The maximum absolute atomic E-state index is 12.9. The van der Waals surface area contributed by atoms with Crippen molar-refractivity contribution in [1.82, 2.24) is 4.90 Å². The minimum absolute atomic E-state index is 0.0279. The zero-order valence-corrected chi connectivity index (χ0v) is 9.20. The summed E-state index contributed by atoms with van der Waals surface area (Å²) in [5.41, 5.74) is 0.165. The van der Waals surface area contributed by atoms with Crippen molar-refractivity contribution in [3.8, 4) is 5.75 Å². The van der Waals surface area contributed by atoms with Crippen LogP contribution in [0.15, 0.2) is 24.3 Å². The van der Waals surface area contributed by atoms with Crippen LogP contribution in [0.4, 0.5) is 8.78 Å². The number of phenols is 1. The van der Waals surface area contributed by atoms with Gasteiger partial charge in [-0.05, 0) is 12.1 Å². The number of amides is 1. The Morgan fingerprint density at radius 2 is 1.82 bits per heavy atom. The average Bonchev–Trinajstić information content (AvgIpc) is 2.29. The van der Waals surface area contributed by atoms with Gasteiger partial charge >= 0.3 is 0 Å². The number of phenolic OH excluding ortho intramolecular Hbond substituents is 1. The third-order valence-electron chi connectivity index (χ3n) is 2.92. The third kappa shape index (κ3) is 2.54. The zero-order chi connectivity index (χ0) is 12.5. The van der Waals surface area contributed by atoms with Crippen LogP contribution in [0.25, 0.3) is 0 Å². The summed E-state index contributed by atoms with van der Waals surface area (Å²) in [6.07, 6.45) is -0.626. The number of benzene rings is 1. The van der Waals surface area contributed by atoms with Gasteiger partial charge in [-0.2, -0.15) is 0 Å². The number of alkyl halides is 2. The third-order valence-corrected chi connectivity index (χ3v) is 2.92. The number of halogens is 2. The maximum atomic E-state index is 12.9. The van der Waals surface area contributed by atoms with Crippen molar-refractivity contribution >= 4 is 5.91 Å². The molecule has 1 fully saturated rings. The summed E-state index contributed by atoms with van der Waals surface area (Å²) in [7, 11) is 0. The number of para-hydroxylation sites is 1. The Morgan fingerprint density at radius 1 is 1.24 bits per heavy atom. The molecule has 2 rings (SSSR count). The molecule has 0 saturated carbocycles. The van der Waals surface area contributed by atoms with Crippen LogP contribution in [0.1, 0.15) is 23.2 Å². The average molecular weight is 241 g/mol. The Balaban J connectivity index is 2.10. The molecule has 17 heavy (non-hydrogen) atoms. The van der Waals surface area contributed by atoms with Crippen molar-refractivity contribution in [3.63, 3.8) is 0 Å². The lowest BCUT2D eigenvalue weighted by atomic mass is 10.1. The smallest absolute Gasteiger partial charge is 0.257 e. The first-order chi connectivity index (χ1) is 7.99. The summed E-state index contributed by atoms with van der Waals surface area (Å²) in [6, 6.07) is 6.14. The summed E-state index contributed by atoms with van der Waals surface area (Å²) >= 11 is 0. The summed E-state index contributed by atoms with van der Waals surface area (Å²) in [4.78, 5) is 13.3. The summed E-state index contributed by atoms with van der Waals surface area (Å²) in [6.45, 7) is 0.0559. The Bertz CT molecular complexity index is 424. The van der Waals surface area contributed by atoms with Crippen LogP contribution in [0.3, 0.4) is 0 Å². The highest BCUT2D eigenvalue weighted by atomic mass is 19.3. The van der Waals surface area contributed by atoms with Gasteiger partial charge in [0.25, 0.3) is 11.8 Å². The quantitative estimate of drug-likeness (QED) is 0.819. The highest BCUT2D eigenvalue weighted by Crippen LogP contribution is 2.29. The molecule has 1 aromatic rings. The molecule has 92 valence electrons. The van der Waals surface area contributed by atoms with E-state index in [2.05, 4.69) is 0 Å². The largest absolute Gasteiger partial charge is 0.507 e. The lowest BCUT2D eigenvalue weighted by Gasteiger charge is -2.31. The van der Waals surface area contributed by atoms with Gasteiger partial charge in [0.05, 0.1) is 5.56 Å². The lowest BCUT2D eigenvalue weighted by Crippen LogP contribution is -2.42. The number of carbonyl (C=O) groups excluding carboxylic acids is 1. The number of nitrogens with zero attached hydrogens (tertiary/aromatic N) is 1. The molecule has 1 N–H and O–H groups in total. The number of hydrogen-bond acceptors (Lipinski definition) is 2. The number of carbonyl (C=O) groups is 1. The van der Waals surface area contributed by atoms with Gasteiger partial charge < -0.3 is 10.0 Å². The molecule has 0 radical (unpaired) electrons. The molecule has 5 heteroatoms. The van der Waals surface area contributed by atoms with Gasteiger partial charge in [0.1, 0.15) is 5.75 Å². The molecule has 3 nitrogen and oxygen atoms in total. The van der Waals surface area contributed by atoms with Crippen molar-refractivity contribution in [2.24, 2.45) is 0 Å². The topological polar surface area (TPSA) is 40.5 Å². The Labute approximate surface area is 97.7 Å². The molecule has 0 spiro atoms. The van der Waals surface area contributed by atoms with E-state index in [9.17, 15) is 18.7 Å². The molecule has 0 aromatic heterocycles. The van der Waals surface area contributed by atoms with Crippen LogP contribution in [0, 0.1) is 0 Å². The van der Waals surface area contributed by atoms with Crippen LogP contribution >= 0.6 is 0 Å². The van der Waals surface area contributed by atoms with E-state index in [1.165, 1.54) is 17.0 Å². The summed E-state index contributed by atoms with van der Waals surface area (Å²) < 4.78 is 25.9. The van der Waals surface area contributed by atoms with Crippen molar-refractivity contribution in [3.05, 3.63) is 29.8 Å². The fourth-order valence-corrected chi connectivity index (χ4v) is 1.86. The van der Waals surface area contributed by atoms with E-state index < -0.39 is 11.8 Å². The zero-order valence-electron chi connectivity index (χ0n) is 9.20. The highest BCUT2D eigenvalue weighted by Gasteiger charge is 2.36. The minimum Gasteiger partial charge on any atom is -0.507 e. The van der Waals surface area contributed by atoms with Crippen molar-refractivity contribution in [1.29, 1.82) is 0 Å². The summed E-state index contributed by atoms with van der Waals surface area (Å²) in [5.74, 6) is -3.18. The molecule has 1 aliphatic rings. The van der Waals surface area contributed by atoms with E-state index in [4.69, 9.17) is 0 Å². The fourth-order valence-electron chi connectivity index (χ4n) is 1.86. The van der Waals surface area contributed by atoms with E-state index in [1.54, 1.807) is 12.1 Å². The van der Waals surface area contributed by atoms with Gasteiger partial charge in [0.2, 0.25) is 0 Å². The monoisotopic (exact) mass is 241 g/mol. The van der Waals surface area contributed by atoms with E-state index in [0.717, 1.165) is 0 Å². The van der Waals surface area contributed by atoms with Crippen LogP contribution in [-0.4, -0.2) is 34.9 Å². The fraction of sp³-hybridized carbons (Fsp3) is 0.417. The number of piperidine rings is 1. The molecular weight excluding hydrogens is 228 g/mol. The maximum Gasteiger partial charge on any atom is 0.257 e. The van der Waals surface area contributed by atoms with Gasteiger partial charge in [-0.1, -0.05) is 12.1 Å². The van der Waals surface area contributed by atoms with Crippen LogP contribution in [0.2, 0.25) is 0 Å². The second-order valence-corrected chi connectivity index (χ2v) is 4.17. The number of hydrogen-bond donors (Lipinski definition) is 1. The molecule has 1 heterocycles. The first-order valence-electron chi connectivity index (χ1n) is 5.45. The van der Waals surface area contributed by atoms with Gasteiger partial charge in [-0.3, -0.25) is 4.79 Å². The lowest BCUT2D eigenvalue weighted by molar-refractivity contribution is -0.0494. The van der Waals surface area contributed by atoms with Gasteiger partial charge in [-0.25, -0.2) is 8.78 Å². The molecule has 1 saturated heterocycles. The molecule has 0 unspecified atom stereocenters. The second kappa shape index (κ2) is 4.31. The standard InChI is InChI=1S/C12H13F2NO2/c13-12(14)5-7-15(8-6-12)11(17)9-3-1-2-4-10(9)16/h1-4,16H,5-8H2. The minimum atomic E-state index is -2.67. The van der Waals surface area contributed by atoms with Gasteiger partial charge in [0.15, 0.2) is 0 Å². The SMILES string of the molecule is O=C(c1ccccc1O)N1CCC(F)(F)CC1. The molecule has 1 amide bonds. The summed E-state index contributed by atoms with van der Waals surface area (Å²) in [5, 5.41) is 9.52. The van der Waals surface area contributed by atoms with Crippen LogP contribution in [0.5, 0.6) is 5.75 Å². The first kappa shape index (κ1) is 11.8. The van der Waals surface area contributed by atoms with Crippen molar-refractivity contribution < 1.29 is 18.7 Å². The Kier molecular flexibility index (Phi) is 3.00. The Hall–Kier alpha value is -1.65.